The number of fused-ring (bicyclic) bond motifs is 2. The number of nitrogens with zero attached hydrogens (tertiary/aromatic N) is 1. The first-order valence-electron chi connectivity index (χ1n) is 3.84. The minimum atomic E-state index is 0. The van der Waals surface area contributed by atoms with E-state index in [-0.39, 0.29) is 58.2 Å². The predicted octanol–water partition coefficient (Wildman–Crippen LogP) is -0.0924. The molecule has 56 valence electrons. The van der Waals surface area contributed by atoms with Crippen LogP contribution in [0.25, 0.3) is 5.32 Å². The van der Waals surface area contributed by atoms with Crippen molar-refractivity contribution >= 4 is 0 Å². The van der Waals surface area contributed by atoms with Crippen LogP contribution in [-0.4, -0.2) is 0 Å². The van der Waals surface area contributed by atoms with Crippen LogP contribution < -0.4 is 58.2 Å². The van der Waals surface area contributed by atoms with E-state index < -0.39 is 0 Å². The first-order chi connectivity index (χ1) is 5.38. The molecular formula is C10H10NRb. The van der Waals surface area contributed by atoms with Gasteiger partial charge in [0.25, 0.3) is 0 Å². The molecule has 2 heteroatoms. The largest absolute Gasteiger partial charge is 1.00 e. The second kappa shape index (κ2) is 4.70. The standard InChI is InChI=1S/C10H10N.Rb/c1-8-9-4-2-3-5-10(8)11-7-6-9;/h2-8H,1H3;/q-1;+1. The van der Waals surface area contributed by atoms with E-state index in [2.05, 4.69) is 36.5 Å². The quantitative estimate of drug-likeness (QED) is 0.551. The Hall–Kier alpha value is 0.565. The summed E-state index contributed by atoms with van der Waals surface area (Å²) in [6.07, 6.45) is 12.2. The van der Waals surface area contributed by atoms with Crippen molar-refractivity contribution in [2.24, 2.45) is 5.92 Å². The minimum Gasteiger partial charge on any atom is -0.667 e. The van der Waals surface area contributed by atoms with E-state index in [1.54, 1.807) is 0 Å². The third-order valence-corrected chi connectivity index (χ3v) is 2.10. The van der Waals surface area contributed by atoms with Crippen molar-refractivity contribution in [1.29, 1.82) is 0 Å². The summed E-state index contributed by atoms with van der Waals surface area (Å²) >= 11 is 0. The molecule has 1 aliphatic heterocycles. The Morgan fingerprint density at radius 3 is 2.83 bits per heavy atom. The monoisotopic (exact) mass is 229 g/mol. The van der Waals surface area contributed by atoms with Crippen LogP contribution in [-0.2, 0) is 0 Å². The summed E-state index contributed by atoms with van der Waals surface area (Å²) in [6, 6.07) is 0. The van der Waals surface area contributed by atoms with Gasteiger partial charge in [0.15, 0.2) is 0 Å². The third kappa shape index (κ3) is 2.08. The van der Waals surface area contributed by atoms with Gasteiger partial charge in [-0.1, -0.05) is 37.3 Å². The summed E-state index contributed by atoms with van der Waals surface area (Å²) < 4.78 is 0. The molecule has 1 nitrogen and oxygen atoms in total. The molecule has 0 saturated carbocycles. The summed E-state index contributed by atoms with van der Waals surface area (Å²) in [4.78, 5) is 0. The maximum Gasteiger partial charge on any atom is 1.00 e. The van der Waals surface area contributed by atoms with Gasteiger partial charge in [-0.15, -0.1) is 0 Å². The van der Waals surface area contributed by atoms with Crippen molar-refractivity contribution < 1.29 is 58.2 Å². The van der Waals surface area contributed by atoms with Crippen LogP contribution in [0.4, 0.5) is 0 Å². The summed E-state index contributed by atoms with van der Waals surface area (Å²) in [5.41, 5.74) is 2.51. The van der Waals surface area contributed by atoms with Gasteiger partial charge in [0.1, 0.15) is 0 Å². The second-order valence-electron chi connectivity index (χ2n) is 2.81. The average molecular weight is 230 g/mol. The normalized spacial score (nSPS) is 24.6. The molecule has 0 N–H and O–H groups in total. The van der Waals surface area contributed by atoms with Crippen LogP contribution in [0.3, 0.4) is 0 Å². The van der Waals surface area contributed by atoms with Crippen molar-refractivity contribution in [1.82, 2.24) is 0 Å². The number of hydrogen-bond acceptors (Lipinski definition) is 0. The second-order valence-corrected chi connectivity index (χ2v) is 2.81. The zero-order valence-electron chi connectivity index (χ0n) is 7.49. The Morgan fingerprint density at radius 1 is 1.25 bits per heavy atom. The number of allylic oxidation sites excluding steroid dienone is 6. The van der Waals surface area contributed by atoms with Crippen molar-refractivity contribution in [3.05, 3.63) is 53.2 Å². The van der Waals surface area contributed by atoms with E-state index in [1.807, 2.05) is 12.3 Å². The molecule has 0 aromatic rings. The smallest absolute Gasteiger partial charge is 0.667 e. The van der Waals surface area contributed by atoms with Gasteiger partial charge < -0.3 is 5.32 Å². The molecule has 0 saturated heterocycles. The Morgan fingerprint density at radius 2 is 2.00 bits per heavy atom. The maximum atomic E-state index is 4.28. The average Bonchev–Trinajstić information content (AvgIpc) is 2.17. The van der Waals surface area contributed by atoms with Crippen molar-refractivity contribution in [3.8, 4) is 0 Å². The Balaban J connectivity index is 0.000000720. The third-order valence-electron chi connectivity index (χ3n) is 2.10. The SMILES string of the molecule is CC1C2=CC=CC=C1[N-]C=C2.[Rb+]. The van der Waals surface area contributed by atoms with Gasteiger partial charge in [-0.25, -0.2) is 0 Å². The van der Waals surface area contributed by atoms with Crippen LogP contribution in [0.5, 0.6) is 0 Å². The van der Waals surface area contributed by atoms with E-state index >= 15 is 0 Å². The first-order valence-corrected chi connectivity index (χ1v) is 3.84. The number of hydrogen-bond donors (Lipinski definition) is 0. The summed E-state index contributed by atoms with van der Waals surface area (Å²) in [5, 5.41) is 4.28. The van der Waals surface area contributed by atoms with Crippen LogP contribution in [0.2, 0.25) is 0 Å². The van der Waals surface area contributed by atoms with Crippen LogP contribution in [0.1, 0.15) is 6.92 Å². The molecule has 2 rings (SSSR count). The molecule has 0 aromatic heterocycles. The summed E-state index contributed by atoms with van der Waals surface area (Å²) in [6.45, 7) is 2.18. The molecule has 0 aromatic carbocycles. The molecule has 0 amide bonds. The minimum absolute atomic E-state index is 0. The van der Waals surface area contributed by atoms with Crippen LogP contribution >= 0.6 is 0 Å². The fourth-order valence-electron chi connectivity index (χ4n) is 1.34. The van der Waals surface area contributed by atoms with E-state index in [9.17, 15) is 0 Å². The topological polar surface area (TPSA) is 14.1 Å². The van der Waals surface area contributed by atoms with Crippen LogP contribution in [0.15, 0.2) is 47.9 Å². The van der Waals surface area contributed by atoms with Crippen molar-refractivity contribution in [2.45, 2.75) is 6.92 Å². The van der Waals surface area contributed by atoms with Crippen molar-refractivity contribution in [2.75, 3.05) is 0 Å². The molecule has 0 fully saturated rings. The molecule has 0 spiro atoms. The Bertz CT molecular complexity index is 284. The fraction of sp³-hybridized carbons (Fsp3) is 0.200. The molecule has 1 unspecified atom stereocenters. The summed E-state index contributed by atoms with van der Waals surface area (Å²) in [7, 11) is 0. The summed E-state index contributed by atoms with van der Waals surface area (Å²) in [5.74, 6) is 0.468. The molecule has 1 aliphatic carbocycles. The van der Waals surface area contributed by atoms with Gasteiger partial charge in [-0.05, 0) is 11.5 Å². The van der Waals surface area contributed by atoms with Gasteiger partial charge in [0.05, 0.1) is 0 Å². The van der Waals surface area contributed by atoms with E-state index in [0.717, 1.165) is 5.70 Å². The van der Waals surface area contributed by atoms with E-state index in [0.29, 0.717) is 5.92 Å². The van der Waals surface area contributed by atoms with Gasteiger partial charge in [0, 0.05) is 0 Å². The van der Waals surface area contributed by atoms with E-state index in [4.69, 9.17) is 0 Å². The maximum absolute atomic E-state index is 4.28. The van der Waals surface area contributed by atoms with Gasteiger partial charge in [-0.3, -0.25) is 0 Å². The molecule has 0 radical (unpaired) electrons. The molecular weight excluding hydrogens is 220 g/mol. The van der Waals surface area contributed by atoms with Crippen LogP contribution in [0, 0.1) is 5.92 Å². The predicted molar refractivity (Wildman–Crippen MR) is 47.0 cm³/mol. The van der Waals surface area contributed by atoms with Gasteiger partial charge >= 0.3 is 58.2 Å². The first kappa shape index (κ1) is 10.6. The molecule has 1 atom stereocenters. The Kier molecular flexibility index (Phi) is 4.17. The fourth-order valence-corrected chi connectivity index (χ4v) is 1.34. The van der Waals surface area contributed by atoms with E-state index in [1.165, 1.54) is 5.57 Å². The number of rotatable bonds is 0. The molecule has 12 heavy (non-hydrogen) atoms. The van der Waals surface area contributed by atoms with Gasteiger partial charge in [-0.2, -0.15) is 11.9 Å². The molecule has 2 aliphatic rings. The molecule has 1 heterocycles. The zero-order chi connectivity index (χ0) is 7.68. The zero-order valence-corrected chi connectivity index (χ0v) is 12.4. The Labute approximate surface area is 122 Å². The molecule has 2 bridgehead atoms. The van der Waals surface area contributed by atoms with Crippen molar-refractivity contribution in [3.63, 3.8) is 0 Å². The van der Waals surface area contributed by atoms with Gasteiger partial charge in [0.2, 0.25) is 0 Å².